The van der Waals surface area contributed by atoms with E-state index in [1.54, 1.807) is 13.2 Å². The Morgan fingerprint density at radius 3 is 2.80 bits per heavy atom. The number of thioether (sulfide) groups is 1. The molecule has 2 rings (SSSR count). The number of hydrogen-bond donors (Lipinski definition) is 0. The molecule has 20 heavy (non-hydrogen) atoms. The maximum Gasteiger partial charge on any atom is 0.293 e. The lowest BCUT2D eigenvalue weighted by atomic mass is 10.2. The van der Waals surface area contributed by atoms with Crippen molar-refractivity contribution in [2.75, 3.05) is 20.3 Å². The minimum atomic E-state index is -0.230. The fourth-order valence-corrected chi connectivity index (χ4v) is 3.05. The van der Waals surface area contributed by atoms with Crippen LogP contribution in [0, 0.1) is 0 Å². The van der Waals surface area contributed by atoms with Gasteiger partial charge in [0, 0.05) is 24.7 Å². The van der Waals surface area contributed by atoms with E-state index in [9.17, 15) is 9.59 Å². The number of hydrogen-bond acceptors (Lipinski definition) is 4. The highest BCUT2D eigenvalue weighted by atomic mass is 79.9. The smallest absolute Gasteiger partial charge is 0.293 e. The van der Waals surface area contributed by atoms with Crippen molar-refractivity contribution in [1.29, 1.82) is 0 Å². The average Bonchev–Trinajstić information content (AvgIpc) is 2.69. The molecule has 106 valence electrons. The lowest BCUT2D eigenvalue weighted by molar-refractivity contribution is -0.122. The van der Waals surface area contributed by atoms with Crippen molar-refractivity contribution in [3.63, 3.8) is 0 Å². The van der Waals surface area contributed by atoms with E-state index in [1.165, 1.54) is 4.90 Å². The molecule has 4 nitrogen and oxygen atoms in total. The van der Waals surface area contributed by atoms with Crippen molar-refractivity contribution in [2.45, 2.75) is 6.42 Å². The predicted molar refractivity (Wildman–Crippen MR) is 83.3 cm³/mol. The fourth-order valence-electron chi connectivity index (χ4n) is 1.79. The quantitative estimate of drug-likeness (QED) is 0.598. The summed E-state index contributed by atoms with van der Waals surface area (Å²) in [7, 11) is 1.60. The molecule has 6 heteroatoms. The Labute approximate surface area is 130 Å². The van der Waals surface area contributed by atoms with Crippen LogP contribution in [-0.4, -0.2) is 36.3 Å². The third kappa shape index (κ3) is 3.50. The van der Waals surface area contributed by atoms with E-state index in [4.69, 9.17) is 4.74 Å². The first kappa shape index (κ1) is 15.3. The van der Waals surface area contributed by atoms with Gasteiger partial charge in [0.25, 0.3) is 11.1 Å². The van der Waals surface area contributed by atoms with Crippen molar-refractivity contribution in [1.82, 2.24) is 4.90 Å². The number of carbonyl (C=O) groups excluding carboxylic acids is 2. The maximum absolute atomic E-state index is 12.2. The highest BCUT2D eigenvalue weighted by Crippen LogP contribution is 2.33. The van der Waals surface area contributed by atoms with Crippen LogP contribution in [0.1, 0.15) is 12.0 Å². The highest BCUT2D eigenvalue weighted by molar-refractivity contribution is 9.10. The molecule has 0 radical (unpaired) electrons. The van der Waals surface area contributed by atoms with Crippen LogP contribution in [0.25, 0.3) is 6.08 Å². The molecule has 0 spiro atoms. The number of halogens is 1. The van der Waals surface area contributed by atoms with E-state index in [2.05, 4.69) is 15.9 Å². The minimum Gasteiger partial charge on any atom is -0.385 e. The Kier molecular flexibility index (Phi) is 5.39. The van der Waals surface area contributed by atoms with E-state index < -0.39 is 0 Å². The van der Waals surface area contributed by atoms with Crippen LogP contribution >= 0.6 is 27.7 Å². The zero-order valence-electron chi connectivity index (χ0n) is 11.0. The number of amides is 2. The molecule has 0 atom stereocenters. The molecule has 1 fully saturated rings. The zero-order chi connectivity index (χ0) is 14.5. The first-order valence-corrected chi connectivity index (χ1v) is 7.73. The Bertz CT molecular complexity index is 559. The van der Waals surface area contributed by atoms with Gasteiger partial charge in [-0.05, 0) is 35.9 Å². The predicted octanol–water partition coefficient (Wildman–Crippen LogP) is 3.52. The normalized spacial score (nSPS) is 17.3. The van der Waals surface area contributed by atoms with Crippen molar-refractivity contribution in [3.05, 3.63) is 39.2 Å². The van der Waals surface area contributed by atoms with Gasteiger partial charge in [-0.1, -0.05) is 34.1 Å². The van der Waals surface area contributed by atoms with Crippen LogP contribution in [0.4, 0.5) is 4.79 Å². The molecule has 0 bridgehead atoms. The summed E-state index contributed by atoms with van der Waals surface area (Å²) in [4.78, 5) is 25.8. The van der Waals surface area contributed by atoms with Crippen LogP contribution in [0.5, 0.6) is 0 Å². The van der Waals surface area contributed by atoms with Gasteiger partial charge in [-0.15, -0.1) is 0 Å². The molecule has 1 aliphatic heterocycles. The van der Waals surface area contributed by atoms with Crippen molar-refractivity contribution < 1.29 is 14.3 Å². The van der Waals surface area contributed by atoms with E-state index in [1.807, 2.05) is 24.3 Å². The second-order valence-electron chi connectivity index (χ2n) is 4.20. The molecule has 2 amide bonds. The monoisotopic (exact) mass is 355 g/mol. The van der Waals surface area contributed by atoms with Gasteiger partial charge in [-0.25, -0.2) is 0 Å². The molecule has 0 saturated carbocycles. The summed E-state index contributed by atoms with van der Waals surface area (Å²) in [5, 5.41) is -0.218. The number of carbonyl (C=O) groups is 2. The summed E-state index contributed by atoms with van der Waals surface area (Å²) in [6, 6.07) is 7.58. The fraction of sp³-hybridized carbons (Fsp3) is 0.286. The summed E-state index contributed by atoms with van der Waals surface area (Å²) in [6.07, 6.45) is 2.39. The molecule has 0 aliphatic carbocycles. The molecular formula is C14H14BrNO3S. The number of rotatable bonds is 5. The molecule has 1 aliphatic rings. The van der Waals surface area contributed by atoms with Gasteiger partial charge in [-0.2, -0.15) is 0 Å². The molecule has 0 aromatic heterocycles. The minimum absolute atomic E-state index is 0.218. The Balaban J connectivity index is 2.13. The molecule has 1 saturated heterocycles. The molecule has 1 aromatic carbocycles. The van der Waals surface area contributed by atoms with Crippen LogP contribution in [0.3, 0.4) is 0 Å². The lowest BCUT2D eigenvalue weighted by Gasteiger charge is -2.11. The summed E-state index contributed by atoms with van der Waals surface area (Å²) in [5.74, 6) is -0.230. The lowest BCUT2D eigenvalue weighted by Crippen LogP contribution is -2.29. The van der Waals surface area contributed by atoms with Gasteiger partial charge in [0.2, 0.25) is 0 Å². The van der Waals surface area contributed by atoms with E-state index in [0.29, 0.717) is 24.5 Å². The molecule has 1 aromatic rings. The number of benzene rings is 1. The van der Waals surface area contributed by atoms with Crippen molar-refractivity contribution >= 4 is 44.9 Å². The molecule has 0 unspecified atom stereocenters. The largest absolute Gasteiger partial charge is 0.385 e. The van der Waals surface area contributed by atoms with E-state index >= 15 is 0 Å². The van der Waals surface area contributed by atoms with Crippen LogP contribution in [-0.2, 0) is 9.53 Å². The third-order valence-electron chi connectivity index (χ3n) is 2.80. The van der Waals surface area contributed by atoms with Gasteiger partial charge in [0.15, 0.2) is 0 Å². The second kappa shape index (κ2) is 7.06. The first-order valence-electron chi connectivity index (χ1n) is 6.12. The van der Waals surface area contributed by atoms with Gasteiger partial charge < -0.3 is 4.74 Å². The number of methoxy groups -OCH3 is 1. The van der Waals surface area contributed by atoms with E-state index in [-0.39, 0.29) is 11.1 Å². The van der Waals surface area contributed by atoms with Crippen molar-refractivity contribution in [3.8, 4) is 0 Å². The number of imide groups is 1. The zero-order valence-corrected chi connectivity index (χ0v) is 13.4. The SMILES string of the molecule is COCCCN1C(=O)S/C(=C/c2ccccc2Br)C1=O. The average molecular weight is 356 g/mol. The number of nitrogens with zero attached hydrogens (tertiary/aromatic N) is 1. The van der Waals surface area contributed by atoms with Gasteiger partial charge in [-0.3, -0.25) is 14.5 Å². The van der Waals surface area contributed by atoms with Crippen LogP contribution < -0.4 is 0 Å². The van der Waals surface area contributed by atoms with E-state index in [0.717, 1.165) is 21.8 Å². The number of ether oxygens (including phenoxy) is 1. The summed E-state index contributed by atoms with van der Waals surface area (Å²) >= 11 is 4.41. The maximum atomic E-state index is 12.2. The van der Waals surface area contributed by atoms with Crippen LogP contribution in [0.2, 0.25) is 0 Å². The summed E-state index contributed by atoms with van der Waals surface area (Å²) < 4.78 is 5.83. The molecule has 1 heterocycles. The van der Waals surface area contributed by atoms with Gasteiger partial charge in [0.1, 0.15) is 0 Å². The van der Waals surface area contributed by atoms with Gasteiger partial charge in [0.05, 0.1) is 4.91 Å². The summed E-state index contributed by atoms with van der Waals surface area (Å²) in [5.41, 5.74) is 0.884. The van der Waals surface area contributed by atoms with Crippen molar-refractivity contribution in [2.24, 2.45) is 0 Å². The first-order chi connectivity index (χ1) is 9.63. The highest BCUT2D eigenvalue weighted by Gasteiger charge is 2.34. The third-order valence-corrected chi connectivity index (χ3v) is 4.43. The van der Waals surface area contributed by atoms with Crippen LogP contribution in [0.15, 0.2) is 33.6 Å². The Morgan fingerprint density at radius 1 is 1.35 bits per heavy atom. The topological polar surface area (TPSA) is 46.6 Å². The molecule has 0 N–H and O–H groups in total. The standard InChI is InChI=1S/C14H14BrNO3S/c1-19-8-4-7-16-13(17)12(20-14(16)18)9-10-5-2-3-6-11(10)15/h2-3,5-6,9H,4,7-8H2,1H3/b12-9+. The summed E-state index contributed by atoms with van der Waals surface area (Å²) in [6.45, 7) is 0.927. The Morgan fingerprint density at radius 2 is 2.10 bits per heavy atom. The second-order valence-corrected chi connectivity index (χ2v) is 6.05. The van der Waals surface area contributed by atoms with Gasteiger partial charge >= 0.3 is 0 Å². The Hall–Kier alpha value is -1.11. The molecular weight excluding hydrogens is 342 g/mol.